The molecule has 0 saturated carbocycles. The lowest BCUT2D eigenvalue weighted by Crippen LogP contribution is -2.23. The maximum atomic E-state index is 12.2. The standard InChI is InChI=1S/C15H16ClNO2S/c1-12-4-2-3-5-15(12)20(18,19)17-11-14-8-6-13(10-16)7-9-14/h2-9,17H,10-11H2,1H3. The molecule has 0 bridgehead atoms. The summed E-state index contributed by atoms with van der Waals surface area (Å²) in [5.41, 5.74) is 2.64. The van der Waals surface area contributed by atoms with Gasteiger partial charge in [0, 0.05) is 12.4 Å². The maximum Gasteiger partial charge on any atom is 0.241 e. The lowest BCUT2D eigenvalue weighted by atomic mass is 10.1. The van der Waals surface area contributed by atoms with E-state index in [1.54, 1.807) is 25.1 Å². The summed E-state index contributed by atoms with van der Waals surface area (Å²) < 4.78 is 27.0. The molecule has 0 spiro atoms. The molecule has 0 heterocycles. The van der Waals surface area contributed by atoms with Crippen LogP contribution in [0.2, 0.25) is 0 Å². The van der Waals surface area contributed by atoms with Crippen LogP contribution < -0.4 is 4.72 Å². The van der Waals surface area contributed by atoms with Crippen molar-refractivity contribution in [1.82, 2.24) is 4.72 Å². The van der Waals surface area contributed by atoms with Gasteiger partial charge in [0.15, 0.2) is 0 Å². The molecule has 0 aliphatic carbocycles. The van der Waals surface area contributed by atoms with Crippen molar-refractivity contribution in [3.05, 3.63) is 65.2 Å². The van der Waals surface area contributed by atoms with Gasteiger partial charge in [-0.1, -0.05) is 42.5 Å². The van der Waals surface area contributed by atoms with E-state index in [1.807, 2.05) is 30.3 Å². The highest BCUT2D eigenvalue weighted by Gasteiger charge is 2.15. The lowest BCUT2D eigenvalue weighted by Gasteiger charge is -2.09. The molecular weight excluding hydrogens is 294 g/mol. The number of hydrogen-bond donors (Lipinski definition) is 1. The smallest absolute Gasteiger partial charge is 0.207 e. The van der Waals surface area contributed by atoms with Crippen LogP contribution in [0.3, 0.4) is 0 Å². The fourth-order valence-electron chi connectivity index (χ4n) is 1.86. The van der Waals surface area contributed by atoms with Crippen molar-refractivity contribution in [2.24, 2.45) is 0 Å². The number of benzene rings is 2. The molecule has 106 valence electrons. The van der Waals surface area contributed by atoms with E-state index >= 15 is 0 Å². The Kier molecular flexibility index (Phi) is 4.81. The van der Waals surface area contributed by atoms with Gasteiger partial charge in [-0.25, -0.2) is 13.1 Å². The van der Waals surface area contributed by atoms with Crippen LogP contribution in [-0.4, -0.2) is 8.42 Å². The average molecular weight is 310 g/mol. The van der Waals surface area contributed by atoms with E-state index in [-0.39, 0.29) is 6.54 Å². The molecule has 5 heteroatoms. The van der Waals surface area contributed by atoms with Crippen molar-refractivity contribution in [1.29, 1.82) is 0 Å². The first-order valence-electron chi connectivity index (χ1n) is 6.22. The first-order chi connectivity index (χ1) is 9.53. The highest BCUT2D eigenvalue weighted by atomic mass is 35.5. The van der Waals surface area contributed by atoms with Gasteiger partial charge in [0.25, 0.3) is 0 Å². The second kappa shape index (κ2) is 6.39. The fraction of sp³-hybridized carbons (Fsp3) is 0.200. The monoisotopic (exact) mass is 309 g/mol. The molecule has 0 unspecified atom stereocenters. The first kappa shape index (κ1) is 15.0. The Labute approximate surface area is 124 Å². The third-order valence-electron chi connectivity index (χ3n) is 3.03. The van der Waals surface area contributed by atoms with E-state index in [4.69, 9.17) is 11.6 Å². The van der Waals surface area contributed by atoms with Crippen LogP contribution in [-0.2, 0) is 22.4 Å². The Balaban J connectivity index is 2.11. The molecule has 2 aromatic carbocycles. The summed E-state index contributed by atoms with van der Waals surface area (Å²) in [5.74, 6) is 0.454. The first-order valence-corrected chi connectivity index (χ1v) is 8.24. The van der Waals surface area contributed by atoms with Gasteiger partial charge in [-0.2, -0.15) is 0 Å². The minimum Gasteiger partial charge on any atom is -0.207 e. The maximum absolute atomic E-state index is 12.2. The van der Waals surface area contributed by atoms with E-state index in [9.17, 15) is 8.42 Å². The molecule has 0 amide bonds. The molecule has 2 rings (SSSR count). The molecule has 1 N–H and O–H groups in total. The van der Waals surface area contributed by atoms with Crippen LogP contribution in [0, 0.1) is 6.92 Å². The molecule has 0 fully saturated rings. The number of sulfonamides is 1. The summed E-state index contributed by atoms with van der Waals surface area (Å²) in [5, 5.41) is 0. The van der Waals surface area contributed by atoms with Crippen molar-refractivity contribution >= 4 is 21.6 Å². The number of rotatable bonds is 5. The summed E-state index contributed by atoms with van der Waals surface area (Å²) in [6.07, 6.45) is 0. The number of alkyl halides is 1. The van der Waals surface area contributed by atoms with Gasteiger partial charge in [0.1, 0.15) is 0 Å². The summed E-state index contributed by atoms with van der Waals surface area (Å²) in [4.78, 5) is 0.317. The van der Waals surface area contributed by atoms with Gasteiger partial charge in [0.05, 0.1) is 4.90 Å². The minimum atomic E-state index is -3.48. The Morgan fingerprint density at radius 3 is 2.20 bits per heavy atom. The summed E-state index contributed by atoms with van der Waals surface area (Å²) >= 11 is 5.71. The van der Waals surface area contributed by atoms with Gasteiger partial charge in [-0.3, -0.25) is 0 Å². The van der Waals surface area contributed by atoms with Crippen molar-refractivity contribution in [2.45, 2.75) is 24.2 Å². The van der Waals surface area contributed by atoms with Gasteiger partial charge in [0.2, 0.25) is 10.0 Å². The molecule has 0 aliphatic heterocycles. The zero-order valence-corrected chi connectivity index (χ0v) is 12.7. The zero-order chi connectivity index (χ0) is 14.6. The molecule has 0 aromatic heterocycles. The SMILES string of the molecule is Cc1ccccc1S(=O)(=O)NCc1ccc(CCl)cc1. The molecular formula is C15H16ClNO2S. The van der Waals surface area contributed by atoms with Crippen molar-refractivity contribution < 1.29 is 8.42 Å². The van der Waals surface area contributed by atoms with Gasteiger partial charge in [-0.05, 0) is 29.7 Å². The second-order valence-corrected chi connectivity index (χ2v) is 6.54. The third kappa shape index (κ3) is 3.60. The topological polar surface area (TPSA) is 46.2 Å². The van der Waals surface area contributed by atoms with Crippen LogP contribution in [0.25, 0.3) is 0 Å². The van der Waals surface area contributed by atoms with E-state index < -0.39 is 10.0 Å². The quantitative estimate of drug-likeness (QED) is 0.862. The van der Waals surface area contributed by atoms with Crippen LogP contribution >= 0.6 is 11.6 Å². The van der Waals surface area contributed by atoms with E-state index in [0.717, 1.165) is 16.7 Å². The minimum absolute atomic E-state index is 0.263. The normalized spacial score (nSPS) is 11.5. The summed E-state index contributed by atoms with van der Waals surface area (Å²) in [6, 6.07) is 14.5. The predicted octanol–water partition coefficient (Wildman–Crippen LogP) is 3.21. The van der Waals surface area contributed by atoms with Crippen molar-refractivity contribution in [2.75, 3.05) is 0 Å². The van der Waals surface area contributed by atoms with E-state index in [2.05, 4.69) is 4.72 Å². The Morgan fingerprint density at radius 2 is 1.60 bits per heavy atom. The number of hydrogen-bond acceptors (Lipinski definition) is 2. The van der Waals surface area contributed by atoms with Gasteiger partial charge in [-0.15, -0.1) is 11.6 Å². The molecule has 0 aliphatic rings. The molecule has 0 saturated heterocycles. The molecule has 3 nitrogen and oxygen atoms in total. The van der Waals surface area contributed by atoms with E-state index in [0.29, 0.717) is 10.8 Å². The van der Waals surface area contributed by atoms with Crippen LogP contribution in [0.5, 0.6) is 0 Å². The van der Waals surface area contributed by atoms with E-state index in [1.165, 1.54) is 0 Å². The number of nitrogens with one attached hydrogen (secondary N) is 1. The predicted molar refractivity (Wildman–Crippen MR) is 81.2 cm³/mol. The van der Waals surface area contributed by atoms with Crippen molar-refractivity contribution in [3.8, 4) is 0 Å². The van der Waals surface area contributed by atoms with Gasteiger partial charge >= 0.3 is 0 Å². The average Bonchev–Trinajstić information content (AvgIpc) is 2.46. The third-order valence-corrected chi connectivity index (χ3v) is 4.90. The molecule has 0 radical (unpaired) electrons. The zero-order valence-electron chi connectivity index (χ0n) is 11.1. The highest BCUT2D eigenvalue weighted by molar-refractivity contribution is 7.89. The van der Waals surface area contributed by atoms with Gasteiger partial charge < -0.3 is 0 Å². The summed E-state index contributed by atoms with van der Waals surface area (Å²) in [6.45, 7) is 2.04. The molecule has 20 heavy (non-hydrogen) atoms. The second-order valence-electron chi connectivity index (χ2n) is 4.54. The Morgan fingerprint density at radius 1 is 1.00 bits per heavy atom. The fourth-order valence-corrected chi connectivity index (χ4v) is 3.30. The number of aryl methyl sites for hydroxylation is 1. The highest BCUT2D eigenvalue weighted by Crippen LogP contribution is 2.14. The number of halogens is 1. The Bertz CT molecular complexity index is 681. The molecule has 0 atom stereocenters. The van der Waals surface area contributed by atoms with Crippen LogP contribution in [0.1, 0.15) is 16.7 Å². The Hall–Kier alpha value is -1.36. The van der Waals surface area contributed by atoms with Crippen molar-refractivity contribution in [3.63, 3.8) is 0 Å². The largest absolute Gasteiger partial charge is 0.241 e. The van der Waals surface area contributed by atoms with Crippen LogP contribution in [0.15, 0.2) is 53.4 Å². The lowest BCUT2D eigenvalue weighted by molar-refractivity contribution is 0.580. The molecule has 2 aromatic rings. The van der Waals surface area contributed by atoms with Crippen LogP contribution in [0.4, 0.5) is 0 Å². The summed E-state index contributed by atoms with van der Waals surface area (Å²) in [7, 11) is -3.48.